The smallest absolute Gasteiger partial charge is 0.118 e. The molecule has 0 saturated heterocycles. The number of unbranched alkanes of at least 4 members (excludes halogenated alkanes) is 1. The van der Waals surface area contributed by atoms with Crippen LogP contribution in [0.5, 0.6) is 5.75 Å². The van der Waals surface area contributed by atoms with Gasteiger partial charge in [-0.05, 0) is 116 Å². The highest BCUT2D eigenvalue weighted by Gasteiger charge is 2.49. The number of methoxy groups -OCH3 is 1. The van der Waals surface area contributed by atoms with Crippen LogP contribution in [-0.4, -0.2) is 28.3 Å². The van der Waals surface area contributed by atoms with Crippen LogP contribution < -0.4 is 4.74 Å². The monoisotopic (exact) mass is 526 g/mol. The Morgan fingerprint density at radius 1 is 1.14 bits per heavy atom. The molecule has 1 aromatic carbocycles. The molecule has 4 rings (SSSR count). The van der Waals surface area contributed by atoms with E-state index in [1.807, 2.05) is 24.3 Å². The summed E-state index contributed by atoms with van der Waals surface area (Å²) in [6, 6.07) is 7.42. The van der Waals surface area contributed by atoms with Crippen LogP contribution in [-0.2, 0) is 10.8 Å². The lowest BCUT2D eigenvalue weighted by molar-refractivity contribution is 0.104. The Balaban J connectivity index is 0.000000233. The number of fused-ring (bicyclic) bond motifs is 1. The second kappa shape index (κ2) is 13.9. The SMILES string of the molecule is C=C1/C(=C\C=C2/CCCC3(C)C2CCC3C(C)C)CCCC1O.CCCCS(=O)c1ccc(OC)cc1. The van der Waals surface area contributed by atoms with Gasteiger partial charge in [0.2, 0.25) is 0 Å². The summed E-state index contributed by atoms with van der Waals surface area (Å²) >= 11 is 0. The average molecular weight is 527 g/mol. The van der Waals surface area contributed by atoms with Crippen LogP contribution in [0.4, 0.5) is 0 Å². The summed E-state index contributed by atoms with van der Waals surface area (Å²) < 4.78 is 16.7. The van der Waals surface area contributed by atoms with Crippen LogP contribution in [0, 0.1) is 23.2 Å². The molecule has 0 aliphatic heterocycles. The average Bonchev–Trinajstić information content (AvgIpc) is 3.26. The van der Waals surface area contributed by atoms with E-state index in [0.717, 1.165) is 71.8 Å². The van der Waals surface area contributed by atoms with Gasteiger partial charge in [0, 0.05) is 10.6 Å². The van der Waals surface area contributed by atoms with E-state index in [-0.39, 0.29) is 6.10 Å². The molecule has 0 amide bonds. The molecule has 0 bridgehead atoms. The van der Waals surface area contributed by atoms with Gasteiger partial charge in [-0.3, -0.25) is 4.21 Å². The van der Waals surface area contributed by atoms with Crippen molar-refractivity contribution in [2.24, 2.45) is 23.2 Å². The number of aliphatic hydroxyl groups excluding tert-OH is 1. The minimum Gasteiger partial charge on any atom is -0.497 e. The fraction of sp³-hybridized carbons (Fsp3) is 0.636. The topological polar surface area (TPSA) is 46.5 Å². The van der Waals surface area contributed by atoms with E-state index in [0.29, 0.717) is 5.41 Å². The molecule has 0 heterocycles. The van der Waals surface area contributed by atoms with Gasteiger partial charge in [-0.25, -0.2) is 0 Å². The summed E-state index contributed by atoms with van der Waals surface area (Å²) in [6.07, 6.45) is 16.3. The first-order valence-electron chi connectivity index (χ1n) is 14.5. The largest absolute Gasteiger partial charge is 0.497 e. The Morgan fingerprint density at radius 2 is 1.86 bits per heavy atom. The van der Waals surface area contributed by atoms with Gasteiger partial charge in [0.1, 0.15) is 5.75 Å². The third kappa shape index (κ3) is 7.47. The fourth-order valence-electron chi connectivity index (χ4n) is 6.93. The van der Waals surface area contributed by atoms with Crippen molar-refractivity contribution in [2.75, 3.05) is 12.9 Å². The first-order valence-corrected chi connectivity index (χ1v) is 15.8. The van der Waals surface area contributed by atoms with Crippen LogP contribution >= 0.6 is 0 Å². The number of ether oxygens (including phenoxy) is 1. The van der Waals surface area contributed by atoms with Gasteiger partial charge in [0.15, 0.2) is 0 Å². The summed E-state index contributed by atoms with van der Waals surface area (Å²) in [5.41, 5.74) is 4.42. The van der Waals surface area contributed by atoms with Crippen molar-refractivity contribution < 1.29 is 14.1 Å². The van der Waals surface area contributed by atoms with Crippen LogP contribution in [0.1, 0.15) is 91.9 Å². The molecule has 3 aliphatic carbocycles. The van der Waals surface area contributed by atoms with E-state index in [2.05, 4.69) is 46.4 Å². The molecule has 37 heavy (non-hydrogen) atoms. The number of hydrogen-bond acceptors (Lipinski definition) is 3. The van der Waals surface area contributed by atoms with Gasteiger partial charge < -0.3 is 9.84 Å². The lowest BCUT2D eigenvalue weighted by Gasteiger charge is -2.43. The van der Waals surface area contributed by atoms with Crippen molar-refractivity contribution in [3.8, 4) is 5.75 Å². The Labute approximate surface area is 228 Å². The maximum atomic E-state index is 11.7. The van der Waals surface area contributed by atoms with Crippen LogP contribution in [0.3, 0.4) is 0 Å². The van der Waals surface area contributed by atoms with Crippen molar-refractivity contribution in [1.82, 2.24) is 0 Å². The quantitative estimate of drug-likeness (QED) is 0.388. The molecule has 3 nitrogen and oxygen atoms in total. The van der Waals surface area contributed by atoms with Gasteiger partial charge >= 0.3 is 0 Å². The fourth-order valence-corrected chi connectivity index (χ4v) is 8.15. The maximum absolute atomic E-state index is 11.7. The lowest BCUT2D eigenvalue weighted by Crippen LogP contribution is -2.35. The number of hydrogen-bond donors (Lipinski definition) is 1. The molecule has 3 aliphatic rings. The minimum absolute atomic E-state index is 0.318. The summed E-state index contributed by atoms with van der Waals surface area (Å²) in [6.45, 7) is 13.6. The van der Waals surface area contributed by atoms with Gasteiger partial charge in [0.05, 0.1) is 24.0 Å². The van der Waals surface area contributed by atoms with E-state index in [1.165, 1.54) is 37.7 Å². The van der Waals surface area contributed by atoms with Crippen molar-refractivity contribution in [1.29, 1.82) is 0 Å². The molecular formula is C33H50O3S. The van der Waals surface area contributed by atoms with E-state index < -0.39 is 10.8 Å². The van der Waals surface area contributed by atoms with Crippen LogP contribution in [0.25, 0.3) is 0 Å². The number of aliphatic hydroxyl groups is 1. The number of benzene rings is 1. The molecule has 3 fully saturated rings. The molecule has 5 unspecified atom stereocenters. The molecule has 1 aromatic rings. The van der Waals surface area contributed by atoms with Gasteiger partial charge in [-0.1, -0.05) is 58.4 Å². The summed E-state index contributed by atoms with van der Waals surface area (Å²) in [5, 5.41) is 10.0. The van der Waals surface area contributed by atoms with Crippen molar-refractivity contribution in [3.63, 3.8) is 0 Å². The summed E-state index contributed by atoms with van der Waals surface area (Å²) in [4.78, 5) is 0.888. The molecule has 206 valence electrons. The first-order chi connectivity index (χ1) is 17.7. The Bertz CT molecular complexity index is 974. The predicted octanol–water partition coefficient (Wildman–Crippen LogP) is 8.42. The highest BCUT2D eigenvalue weighted by Crippen LogP contribution is 2.59. The zero-order valence-electron chi connectivity index (χ0n) is 23.9. The molecule has 0 aromatic heterocycles. The zero-order chi connectivity index (χ0) is 27.0. The maximum Gasteiger partial charge on any atom is 0.118 e. The van der Waals surface area contributed by atoms with E-state index >= 15 is 0 Å². The molecule has 4 heteroatoms. The van der Waals surface area contributed by atoms with Gasteiger partial charge in [-0.15, -0.1) is 0 Å². The first kappa shape index (κ1) is 29.9. The summed E-state index contributed by atoms with van der Waals surface area (Å²) in [7, 11) is 0.779. The Kier molecular flexibility index (Phi) is 11.3. The predicted molar refractivity (Wildman–Crippen MR) is 157 cm³/mol. The van der Waals surface area contributed by atoms with E-state index in [9.17, 15) is 9.32 Å². The third-order valence-electron chi connectivity index (χ3n) is 9.09. The molecular weight excluding hydrogens is 476 g/mol. The van der Waals surface area contributed by atoms with Crippen LogP contribution in [0.15, 0.2) is 64.6 Å². The minimum atomic E-state index is -0.849. The molecule has 3 saturated carbocycles. The second-order valence-electron chi connectivity index (χ2n) is 11.8. The van der Waals surface area contributed by atoms with Crippen LogP contribution in [0.2, 0.25) is 0 Å². The van der Waals surface area contributed by atoms with Gasteiger partial charge in [-0.2, -0.15) is 0 Å². The van der Waals surface area contributed by atoms with Crippen molar-refractivity contribution in [2.45, 2.75) is 103 Å². The highest BCUT2D eigenvalue weighted by molar-refractivity contribution is 7.85. The number of allylic oxidation sites excluding steroid dienone is 3. The van der Waals surface area contributed by atoms with Crippen molar-refractivity contribution >= 4 is 10.8 Å². The Hall–Kier alpha value is -1.65. The third-order valence-corrected chi connectivity index (χ3v) is 10.5. The lowest BCUT2D eigenvalue weighted by atomic mass is 9.61. The molecule has 1 N–H and O–H groups in total. The highest BCUT2D eigenvalue weighted by atomic mass is 32.2. The Morgan fingerprint density at radius 3 is 2.51 bits per heavy atom. The van der Waals surface area contributed by atoms with E-state index in [1.54, 1.807) is 12.7 Å². The molecule has 0 radical (unpaired) electrons. The molecule has 0 spiro atoms. The van der Waals surface area contributed by atoms with Gasteiger partial charge in [0.25, 0.3) is 0 Å². The standard InChI is InChI=1S/C22H34O.C11H16O2S/c1-15(2)19-12-13-20-18(8-6-14-22(19,20)4)11-10-17-7-5-9-21(23)16(17)3;1-3-4-9-14(12)11-7-5-10(13-2)6-8-11/h10-11,15,19-21,23H,3,5-9,12-14H2,1-2,4H3;5-8H,3-4,9H2,1-2H3/b17-10-,18-11+;. The molecule has 5 atom stereocenters. The second-order valence-corrected chi connectivity index (χ2v) is 13.4. The van der Waals surface area contributed by atoms with E-state index in [4.69, 9.17) is 4.74 Å². The van der Waals surface area contributed by atoms with Crippen molar-refractivity contribution in [3.05, 3.63) is 59.7 Å². The normalized spacial score (nSPS) is 30.7. The number of rotatable bonds is 7. The summed E-state index contributed by atoms with van der Waals surface area (Å²) in [5.74, 6) is 4.03. The zero-order valence-corrected chi connectivity index (χ0v) is 24.7.